The highest BCUT2D eigenvalue weighted by atomic mass is 16.7. The molecule has 1 aliphatic rings. The molecule has 126 valence electrons. The normalized spacial score (nSPS) is 24.0. The third-order valence-electron chi connectivity index (χ3n) is 4.04. The minimum atomic E-state index is -1.59. The molecule has 0 aromatic heterocycles. The second kappa shape index (κ2) is 7.64. The van der Waals surface area contributed by atoms with Crippen molar-refractivity contribution >= 4 is 0 Å². The van der Waals surface area contributed by atoms with E-state index in [0.717, 1.165) is 24.2 Å². The average molecular weight is 320 g/mol. The quantitative estimate of drug-likeness (QED) is 0.782. The number of methoxy groups -OCH3 is 4. The van der Waals surface area contributed by atoms with Crippen LogP contribution in [0.2, 0.25) is 0 Å². The Morgan fingerprint density at radius 2 is 1.87 bits per heavy atom. The Balaban J connectivity index is 2.14. The molecule has 5 heteroatoms. The molecule has 2 rings (SSSR count). The zero-order chi connectivity index (χ0) is 16.9. The summed E-state index contributed by atoms with van der Waals surface area (Å²) in [7, 11) is 6.12. The SMILES string of the molecule is COC1=CC(CCc2cccc(OC)c2)=CC(OC)C1(O)OC. The molecule has 0 radical (unpaired) electrons. The molecule has 0 amide bonds. The van der Waals surface area contributed by atoms with Crippen LogP contribution in [0.1, 0.15) is 12.0 Å². The summed E-state index contributed by atoms with van der Waals surface area (Å²) in [6.45, 7) is 0. The third kappa shape index (κ3) is 3.75. The summed E-state index contributed by atoms with van der Waals surface area (Å²) >= 11 is 0. The smallest absolute Gasteiger partial charge is 0.255 e. The third-order valence-corrected chi connectivity index (χ3v) is 4.04. The number of rotatable bonds is 7. The number of ether oxygens (including phenoxy) is 4. The maximum atomic E-state index is 10.6. The van der Waals surface area contributed by atoms with Crippen molar-refractivity contribution in [3.63, 3.8) is 0 Å². The van der Waals surface area contributed by atoms with Gasteiger partial charge in [0.2, 0.25) is 0 Å². The molecule has 2 atom stereocenters. The Hall–Kier alpha value is -1.82. The highest BCUT2D eigenvalue weighted by molar-refractivity contribution is 5.35. The minimum Gasteiger partial charge on any atom is -0.497 e. The van der Waals surface area contributed by atoms with Crippen molar-refractivity contribution in [2.24, 2.45) is 0 Å². The number of allylic oxidation sites excluding steroid dienone is 2. The standard InChI is InChI=1S/C18H24O5/c1-20-15-7-5-6-13(10-15)8-9-14-11-16(21-2)18(19,23-4)17(12-14)22-3/h5-7,10-12,16,19H,8-9H2,1-4H3. The fourth-order valence-electron chi connectivity index (χ4n) is 2.69. The van der Waals surface area contributed by atoms with Crippen LogP contribution in [-0.4, -0.2) is 45.4 Å². The number of aryl methyl sites for hydroxylation is 1. The molecular weight excluding hydrogens is 296 g/mol. The molecule has 23 heavy (non-hydrogen) atoms. The molecule has 0 bridgehead atoms. The zero-order valence-electron chi connectivity index (χ0n) is 14.0. The predicted octanol–water partition coefficient (Wildman–Crippen LogP) is 2.45. The number of hydrogen-bond acceptors (Lipinski definition) is 5. The second-order valence-electron chi connectivity index (χ2n) is 5.36. The first kappa shape index (κ1) is 17.5. The van der Waals surface area contributed by atoms with Crippen LogP contribution >= 0.6 is 0 Å². The van der Waals surface area contributed by atoms with Gasteiger partial charge in [0.05, 0.1) is 14.2 Å². The average Bonchev–Trinajstić information content (AvgIpc) is 2.60. The summed E-state index contributed by atoms with van der Waals surface area (Å²) in [6.07, 6.45) is 4.69. The molecule has 2 unspecified atom stereocenters. The van der Waals surface area contributed by atoms with Crippen LogP contribution in [0, 0.1) is 0 Å². The van der Waals surface area contributed by atoms with Crippen molar-refractivity contribution in [2.45, 2.75) is 24.7 Å². The molecule has 1 aromatic carbocycles. The molecule has 1 N–H and O–H groups in total. The first-order valence-electron chi connectivity index (χ1n) is 7.47. The van der Waals surface area contributed by atoms with Gasteiger partial charge in [0.15, 0.2) is 5.76 Å². The molecule has 0 fully saturated rings. The lowest BCUT2D eigenvalue weighted by molar-refractivity contribution is -0.230. The van der Waals surface area contributed by atoms with E-state index in [1.807, 2.05) is 24.3 Å². The molecule has 1 aliphatic carbocycles. The van der Waals surface area contributed by atoms with Crippen LogP contribution in [0.15, 0.2) is 47.7 Å². The molecule has 0 saturated heterocycles. The Labute approximate surface area is 137 Å². The molecule has 0 spiro atoms. The summed E-state index contributed by atoms with van der Waals surface area (Å²) < 4.78 is 21.1. The lowest BCUT2D eigenvalue weighted by atomic mass is 9.93. The van der Waals surface area contributed by atoms with E-state index >= 15 is 0 Å². The molecule has 1 aromatic rings. The topological polar surface area (TPSA) is 57.2 Å². The first-order chi connectivity index (χ1) is 11.1. The fraction of sp³-hybridized carbons (Fsp3) is 0.444. The second-order valence-corrected chi connectivity index (χ2v) is 5.36. The lowest BCUT2D eigenvalue weighted by Gasteiger charge is -2.36. The van der Waals surface area contributed by atoms with Crippen molar-refractivity contribution < 1.29 is 24.1 Å². The Morgan fingerprint density at radius 3 is 2.48 bits per heavy atom. The molecule has 0 heterocycles. The van der Waals surface area contributed by atoms with Gasteiger partial charge in [-0.3, -0.25) is 0 Å². The highest BCUT2D eigenvalue weighted by Gasteiger charge is 2.44. The van der Waals surface area contributed by atoms with E-state index in [4.69, 9.17) is 18.9 Å². The number of hydrogen-bond donors (Lipinski definition) is 1. The largest absolute Gasteiger partial charge is 0.497 e. The van der Waals surface area contributed by atoms with Gasteiger partial charge in [-0.25, -0.2) is 0 Å². The molecule has 0 aliphatic heterocycles. The van der Waals surface area contributed by atoms with Crippen molar-refractivity contribution in [3.05, 3.63) is 53.3 Å². The predicted molar refractivity (Wildman–Crippen MR) is 87.2 cm³/mol. The van der Waals surface area contributed by atoms with E-state index in [0.29, 0.717) is 5.76 Å². The Morgan fingerprint density at radius 1 is 1.09 bits per heavy atom. The van der Waals surface area contributed by atoms with Crippen molar-refractivity contribution in [1.29, 1.82) is 0 Å². The van der Waals surface area contributed by atoms with E-state index in [1.54, 1.807) is 13.2 Å². The van der Waals surface area contributed by atoms with E-state index in [9.17, 15) is 5.11 Å². The van der Waals surface area contributed by atoms with Gasteiger partial charge in [0.25, 0.3) is 5.79 Å². The van der Waals surface area contributed by atoms with E-state index in [1.165, 1.54) is 26.9 Å². The van der Waals surface area contributed by atoms with Crippen LogP contribution in [0.5, 0.6) is 5.75 Å². The van der Waals surface area contributed by atoms with Crippen LogP contribution in [0.3, 0.4) is 0 Å². The van der Waals surface area contributed by atoms with Crippen LogP contribution in [-0.2, 0) is 20.6 Å². The van der Waals surface area contributed by atoms with E-state index < -0.39 is 11.9 Å². The van der Waals surface area contributed by atoms with Crippen LogP contribution in [0.4, 0.5) is 0 Å². The summed E-state index contributed by atoms with van der Waals surface area (Å²) in [5.41, 5.74) is 2.21. The van der Waals surface area contributed by atoms with E-state index in [-0.39, 0.29) is 0 Å². The molecule has 0 saturated carbocycles. The summed E-state index contributed by atoms with van der Waals surface area (Å²) in [6, 6.07) is 7.98. The zero-order valence-corrected chi connectivity index (χ0v) is 14.0. The lowest BCUT2D eigenvalue weighted by Crippen LogP contribution is -2.48. The summed E-state index contributed by atoms with van der Waals surface area (Å²) in [5.74, 6) is -0.407. The van der Waals surface area contributed by atoms with Crippen molar-refractivity contribution in [1.82, 2.24) is 0 Å². The van der Waals surface area contributed by atoms with Gasteiger partial charge in [-0.1, -0.05) is 12.1 Å². The van der Waals surface area contributed by atoms with Gasteiger partial charge in [-0.2, -0.15) is 0 Å². The van der Waals surface area contributed by atoms with Crippen molar-refractivity contribution in [2.75, 3.05) is 28.4 Å². The minimum absolute atomic E-state index is 0.343. The highest BCUT2D eigenvalue weighted by Crippen LogP contribution is 2.33. The monoisotopic (exact) mass is 320 g/mol. The molecular formula is C18H24O5. The molecule has 5 nitrogen and oxygen atoms in total. The van der Waals surface area contributed by atoms with Gasteiger partial charge >= 0.3 is 0 Å². The van der Waals surface area contributed by atoms with Gasteiger partial charge in [-0.15, -0.1) is 0 Å². The summed E-state index contributed by atoms with van der Waals surface area (Å²) in [4.78, 5) is 0. The maximum absolute atomic E-state index is 10.6. The van der Waals surface area contributed by atoms with Gasteiger partial charge in [0.1, 0.15) is 11.9 Å². The fourth-order valence-corrected chi connectivity index (χ4v) is 2.69. The van der Waals surface area contributed by atoms with E-state index in [2.05, 4.69) is 6.07 Å². The van der Waals surface area contributed by atoms with Gasteiger partial charge in [-0.05, 0) is 48.3 Å². The number of benzene rings is 1. The number of aliphatic hydroxyl groups is 1. The maximum Gasteiger partial charge on any atom is 0.255 e. The van der Waals surface area contributed by atoms with Crippen LogP contribution in [0.25, 0.3) is 0 Å². The summed E-state index contributed by atoms with van der Waals surface area (Å²) in [5, 5.41) is 10.6. The Kier molecular flexibility index (Phi) is 5.82. The van der Waals surface area contributed by atoms with Crippen LogP contribution < -0.4 is 4.74 Å². The van der Waals surface area contributed by atoms with Crippen molar-refractivity contribution in [3.8, 4) is 5.75 Å². The Bertz CT molecular complexity index is 593. The first-order valence-corrected chi connectivity index (χ1v) is 7.47. The van der Waals surface area contributed by atoms with Gasteiger partial charge in [0, 0.05) is 14.2 Å². The van der Waals surface area contributed by atoms with Gasteiger partial charge < -0.3 is 24.1 Å².